The van der Waals surface area contributed by atoms with Crippen LogP contribution in [0.1, 0.15) is 60.3 Å². The summed E-state index contributed by atoms with van der Waals surface area (Å²) in [4.78, 5) is 22.9. The third-order valence-corrected chi connectivity index (χ3v) is 3.01. The number of carboxylic acids is 1. The van der Waals surface area contributed by atoms with Gasteiger partial charge in [-0.2, -0.15) is 0 Å². The Kier molecular flexibility index (Phi) is 7.49. The van der Waals surface area contributed by atoms with E-state index < -0.39 is 23.5 Å². The number of carboxylic acid groups (broad SMARTS) is 1. The zero-order valence-corrected chi connectivity index (χ0v) is 12.7. The number of carbonyl (C=O) groups is 2. The Bertz CT molecular complexity index is 298. The molecular weight excluding hydrogens is 244 g/mol. The molecule has 0 aromatic rings. The predicted octanol–water partition coefficient (Wildman–Crippen LogP) is 2.75. The quantitative estimate of drug-likeness (QED) is 0.623. The molecule has 0 aromatic carbocycles. The van der Waals surface area contributed by atoms with Crippen molar-refractivity contribution in [2.45, 2.75) is 72.4 Å². The zero-order valence-electron chi connectivity index (χ0n) is 12.7. The molecule has 0 aromatic heterocycles. The van der Waals surface area contributed by atoms with Gasteiger partial charge in [-0.25, -0.2) is 9.59 Å². The number of aliphatic carboxylic acids is 1. The molecule has 0 aliphatic carbocycles. The van der Waals surface area contributed by atoms with Crippen LogP contribution in [0.25, 0.3) is 0 Å². The van der Waals surface area contributed by atoms with Gasteiger partial charge in [0.15, 0.2) is 0 Å². The first-order valence-electron chi connectivity index (χ1n) is 6.98. The van der Waals surface area contributed by atoms with E-state index in [1.54, 1.807) is 20.8 Å². The van der Waals surface area contributed by atoms with Gasteiger partial charge in [0.25, 0.3) is 0 Å². The van der Waals surface area contributed by atoms with Crippen LogP contribution in [0.4, 0.5) is 4.79 Å². The van der Waals surface area contributed by atoms with E-state index in [1.165, 1.54) is 0 Å². The van der Waals surface area contributed by atoms with Crippen LogP contribution < -0.4 is 10.6 Å². The van der Waals surface area contributed by atoms with Gasteiger partial charge in [-0.1, -0.05) is 47.0 Å². The molecule has 0 heterocycles. The monoisotopic (exact) mass is 272 g/mol. The summed E-state index contributed by atoms with van der Waals surface area (Å²) >= 11 is 0. The average molecular weight is 272 g/mol. The first-order chi connectivity index (χ1) is 8.68. The molecule has 2 atom stereocenters. The van der Waals surface area contributed by atoms with E-state index >= 15 is 0 Å². The maximum atomic E-state index is 11.8. The molecule has 112 valence electrons. The Morgan fingerprint density at radius 2 is 1.74 bits per heavy atom. The second kappa shape index (κ2) is 8.02. The largest absolute Gasteiger partial charge is 0.480 e. The van der Waals surface area contributed by atoms with E-state index in [1.807, 2.05) is 6.92 Å². The van der Waals surface area contributed by atoms with Crippen LogP contribution in [0.2, 0.25) is 0 Å². The van der Waals surface area contributed by atoms with Gasteiger partial charge in [-0.15, -0.1) is 0 Å². The normalized spacial score (nSPS) is 14.6. The van der Waals surface area contributed by atoms with Crippen LogP contribution in [-0.2, 0) is 4.79 Å². The summed E-state index contributed by atoms with van der Waals surface area (Å²) < 4.78 is 0. The smallest absolute Gasteiger partial charge is 0.326 e. The van der Waals surface area contributed by atoms with E-state index in [0.29, 0.717) is 0 Å². The average Bonchev–Trinajstić information content (AvgIpc) is 2.24. The van der Waals surface area contributed by atoms with Crippen LogP contribution in [0.15, 0.2) is 0 Å². The van der Waals surface area contributed by atoms with Crippen LogP contribution in [0, 0.1) is 5.41 Å². The van der Waals surface area contributed by atoms with E-state index in [4.69, 9.17) is 5.11 Å². The van der Waals surface area contributed by atoms with Crippen molar-refractivity contribution in [2.75, 3.05) is 0 Å². The van der Waals surface area contributed by atoms with Crippen molar-refractivity contribution in [1.29, 1.82) is 0 Å². The Labute approximate surface area is 116 Å². The number of amides is 2. The molecule has 0 spiro atoms. The molecule has 5 nitrogen and oxygen atoms in total. The van der Waals surface area contributed by atoms with Gasteiger partial charge in [0.05, 0.1) is 0 Å². The van der Waals surface area contributed by atoms with Gasteiger partial charge >= 0.3 is 12.0 Å². The van der Waals surface area contributed by atoms with Crippen LogP contribution in [0.3, 0.4) is 0 Å². The van der Waals surface area contributed by atoms with Gasteiger partial charge in [-0.3, -0.25) is 0 Å². The Morgan fingerprint density at radius 3 is 2.16 bits per heavy atom. The van der Waals surface area contributed by atoms with Crippen LogP contribution in [-0.4, -0.2) is 29.2 Å². The molecule has 5 heteroatoms. The molecule has 0 bridgehead atoms. The number of hydrogen-bond acceptors (Lipinski definition) is 2. The standard InChI is InChI=1S/C14H28N2O3/c1-6-7-8-9-10(2)15-13(19)16-11(12(17)18)14(3,4)5/h10-11H,6-9H2,1-5H3,(H,17,18)(H2,15,16,19)/t10?,11-/m1/s1. The Hall–Kier alpha value is -1.26. The Balaban J connectivity index is 4.24. The third-order valence-electron chi connectivity index (χ3n) is 3.01. The molecular formula is C14H28N2O3. The van der Waals surface area contributed by atoms with E-state index in [-0.39, 0.29) is 6.04 Å². The number of unbranched alkanes of at least 4 members (excludes halogenated alkanes) is 2. The van der Waals surface area contributed by atoms with Crippen LogP contribution in [0.5, 0.6) is 0 Å². The highest BCUT2D eigenvalue weighted by molar-refractivity contribution is 5.83. The SMILES string of the molecule is CCCCCC(C)NC(=O)N[C@H](C(=O)O)C(C)(C)C. The first-order valence-corrected chi connectivity index (χ1v) is 6.98. The maximum absolute atomic E-state index is 11.8. The molecule has 0 saturated heterocycles. The van der Waals surface area contributed by atoms with Crippen molar-refractivity contribution >= 4 is 12.0 Å². The first kappa shape index (κ1) is 17.7. The topological polar surface area (TPSA) is 78.4 Å². The second-order valence-electron chi connectivity index (χ2n) is 6.15. The van der Waals surface area contributed by atoms with E-state index in [2.05, 4.69) is 17.6 Å². The molecule has 0 radical (unpaired) electrons. The molecule has 1 unspecified atom stereocenters. The molecule has 3 N–H and O–H groups in total. The zero-order chi connectivity index (χ0) is 15.1. The third kappa shape index (κ3) is 7.70. The number of hydrogen-bond donors (Lipinski definition) is 3. The highest BCUT2D eigenvalue weighted by Crippen LogP contribution is 2.19. The summed E-state index contributed by atoms with van der Waals surface area (Å²) in [5.41, 5.74) is -0.519. The van der Waals surface area contributed by atoms with E-state index in [0.717, 1.165) is 25.7 Å². The number of carbonyl (C=O) groups excluding carboxylic acids is 1. The van der Waals surface area contributed by atoms with Crippen molar-refractivity contribution in [3.05, 3.63) is 0 Å². The minimum Gasteiger partial charge on any atom is -0.480 e. The molecule has 19 heavy (non-hydrogen) atoms. The maximum Gasteiger partial charge on any atom is 0.326 e. The van der Waals surface area contributed by atoms with Gasteiger partial charge in [0.2, 0.25) is 0 Å². The number of urea groups is 1. The minimum atomic E-state index is -1.01. The van der Waals surface area contributed by atoms with Crippen molar-refractivity contribution in [3.63, 3.8) is 0 Å². The summed E-state index contributed by atoms with van der Waals surface area (Å²) in [5.74, 6) is -1.01. The van der Waals surface area contributed by atoms with Crippen molar-refractivity contribution < 1.29 is 14.7 Å². The van der Waals surface area contributed by atoms with Crippen molar-refractivity contribution in [3.8, 4) is 0 Å². The van der Waals surface area contributed by atoms with E-state index in [9.17, 15) is 9.59 Å². The van der Waals surface area contributed by atoms with Gasteiger partial charge in [0.1, 0.15) is 6.04 Å². The fourth-order valence-electron chi connectivity index (χ4n) is 1.82. The highest BCUT2D eigenvalue weighted by Gasteiger charge is 2.32. The summed E-state index contributed by atoms with van der Waals surface area (Å²) in [6.45, 7) is 9.43. The Morgan fingerprint density at radius 1 is 1.16 bits per heavy atom. The van der Waals surface area contributed by atoms with Gasteiger partial charge in [-0.05, 0) is 18.8 Å². The fraction of sp³-hybridized carbons (Fsp3) is 0.857. The molecule has 0 aliphatic heterocycles. The minimum absolute atomic E-state index is 0.0564. The summed E-state index contributed by atoms with van der Waals surface area (Å²) in [7, 11) is 0. The van der Waals surface area contributed by atoms with Crippen molar-refractivity contribution in [1.82, 2.24) is 10.6 Å². The fourth-order valence-corrected chi connectivity index (χ4v) is 1.82. The number of rotatable bonds is 7. The summed E-state index contributed by atoms with van der Waals surface area (Å²) in [6, 6.07) is -1.25. The second-order valence-corrected chi connectivity index (χ2v) is 6.15. The lowest BCUT2D eigenvalue weighted by Gasteiger charge is -2.28. The molecule has 0 fully saturated rings. The van der Waals surface area contributed by atoms with Gasteiger partial charge in [0, 0.05) is 6.04 Å². The molecule has 2 amide bonds. The van der Waals surface area contributed by atoms with Crippen molar-refractivity contribution in [2.24, 2.45) is 5.41 Å². The molecule has 0 rings (SSSR count). The number of nitrogens with one attached hydrogen (secondary N) is 2. The summed E-state index contributed by atoms with van der Waals surface area (Å²) in [5, 5.41) is 14.4. The lowest BCUT2D eigenvalue weighted by molar-refractivity contribution is -0.141. The highest BCUT2D eigenvalue weighted by atomic mass is 16.4. The molecule has 0 saturated carbocycles. The summed E-state index contributed by atoms with van der Waals surface area (Å²) in [6.07, 6.45) is 4.27. The molecule has 0 aliphatic rings. The lowest BCUT2D eigenvalue weighted by atomic mass is 9.87. The van der Waals surface area contributed by atoms with Crippen LogP contribution >= 0.6 is 0 Å². The lowest BCUT2D eigenvalue weighted by Crippen LogP contribution is -2.53. The predicted molar refractivity (Wildman–Crippen MR) is 76.2 cm³/mol. The van der Waals surface area contributed by atoms with Gasteiger partial charge < -0.3 is 15.7 Å².